The van der Waals surface area contributed by atoms with E-state index in [1.807, 2.05) is 30.3 Å². The van der Waals surface area contributed by atoms with E-state index in [2.05, 4.69) is 4.99 Å². The van der Waals surface area contributed by atoms with Gasteiger partial charge in [-0.1, -0.05) is 41.9 Å². The Bertz CT molecular complexity index is 416. The summed E-state index contributed by atoms with van der Waals surface area (Å²) in [7, 11) is 0. The monoisotopic (exact) mass is 223 g/mol. The molecular weight excluding hydrogens is 214 g/mol. The van der Waals surface area contributed by atoms with Gasteiger partial charge in [-0.3, -0.25) is 0 Å². The maximum absolute atomic E-state index is 11.4. The van der Waals surface area contributed by atoms with Gasteiger partial charge in [0.2, 0.25) is 0 Å². The highest BCUT2D eigenvalue weighted by Crippen LogP contribution is 2.37. The van der Waals surface area contributed by atoms with E-state index in [-0.39, 0.29) is 0 Å². The highest BCUT2D eigenvalue weighted by atomic mass is 35.5. The lowest BCUT2D eigenvalue weighted by Crippen LogP contribution is -2.26. The third-order valence-electron chi connectivity index (χ3n) is 2.12. The van der Waals surface area contributed by atoms with Crippen LogP contribution in [-0.2, 0) is 9.53 Å². The molecule has 1 aromatic rings. The molecule has 3 nitrogen and oxygen atoms in total. The van der Waals surface area contributed by atoms with Crippen molar-refractivity contribution < 1.29 is 9.53 Å². The zero-order valence-corrected chi connectivity index (χ0v) is 8.99. The van der Waals surface area contributed by atoms with E-state index in [1.165, 1.54) is 0 Å². The molecule has 0 saturated carbocycles. The van der Waals surface area contributed by atoms with Crippen LogP contribution in [0.15, 0.2) is 35.3 Å². The summed E-state index contributed by atoms with van der Waals surface area (Å²) < 4.78 is 4.84. The molecular formula is C11H10ClNO2. The molecule has 1 aliphatic heterocycles. The Morgan fingerprint density at radius 1 is 1.47 bits per heavy atom. The van der Waals surface area contributed by atoms with Crippen LogP contribution in [0.3, 0.4) is 0 Å². The molecule has 0 aliphatic carbocycles. The minimum absolute atomic E-state index is 0.310. The summed E-state index contributed by atoms with van der Waals surface area (Å²) in [4.78, 5) is 14.2. The summed E-state index contributed by atoms with van der Waals surface area (Å²) >= 11 is 6.00. The molecule has 0 saturated heterocycles. The van der Waals surface area contributed by atoms with Crippen molar-refractivity contribution in [2.45, 2.75) is 11.9 Å². The maximum atomic E-state index is 11.4. The topological polar surface area (TPSA) is 38.7 Å². The molecule has 1 heterocycles. The molecule has 1 atom stereocenters. The van der Waals surface area contributed by atoms with Gasteiger partial charge in [0.15, 0.2) is 0 Å². The Hall–Kier alpha value is -1.35. The standard InChI is InChI=1S/C11H10ClNO2/c1-2-15-10(14)11(12)9(13-11)8-6-4-3-5-7-8/h3-7H,2H2,1H3/t11-/m0/s1. The van der Waals surface area contributed by atoms with E-state index in [4.69, 9.17) is 16.3 Å². The van der Waals surface area contributed by atoms with Crippen LogP contribution in [0.4, 0.5) is 0 Å². The second-order valence-electron chi connectivity index (χ2n) is 3.17. The Morgan fingerprint density at radius 2 is 2.13 bits per heavy atom. The van der Waals surface area contributed by atoms with Crippen LogP contribution in [0, 0.1) is 0 Å². The molecule has 1 aliphatic rings. The average Bonchev–Trinajstić information content (AvgIpc) is 2.94. The lowest BCUT2D eigenvalue weighted by molar-refractivity contribution is -0.143. The second-order valence-corrected chi connectivity index (χ2v) is 3.72. The molecule has 1 aromatic carbocycles. The van der Waals surface area contributed by atoms with E-state index >= 15 is 0 Å². The number of nitrogens with zero attached hydrogens (tertiary/aromatic N) is 1. The van der Waals surface area contributed by atoms with E-state index < -0.39 is 11.0 Å². The summed E-state index contributed by atoms with van der Waals surface area (Å²) in [6.45, 7) is 2.05. The van der Waals surface area contributed by atoms with Gasteiger partial charge in [0.25, 0.3) is 5.00 Å². The Balaban J connectivity index is 2.12. The quantitative estimate of drug-likeness (QED) is 0.447. The molecule has 0 aromatic heterocycles. The van der Waals surface area contributed by atoms with E-state index in [0.29, 0.717) is 12.3 Å². The van der Waals surface area contributed by atoms with Gasteiger partial charge in [0.05, 0.1) is 12.3 Å². The number of rotatable bonds is 3. The molecule has 0 amide bonds. The van der Waals surface area contributed by atoms with Crippen LogP contribution < -0.4 is 0 Å². The van der Waals surface area contributed by atoms with Gasteiger partial charge < -0.3 is 4.74 Å². The van der Waals surface area contributed by atoms with Crippen molar-refractivity contribution in [3.05, 3.63) is 35.9 Å². The van der Waals surface area contributed by atoms with Crippen molar-refractivity contribution in [1.82, 2.24) is 0 Å². The SMILES string of the molecule is CCOC(=O)[C@@]1(Cl)N=C1c1ccccc1. The summed E-state index contributed by atoms with van der Waals surface area (Å²) in [6, 6.07) is 9.37. The molecule has 0 spiro atoms. The normalized spacial score (nSPS) is 23.2. The van der Waals surface area contributed by atoms with Crippen LogP contribution in [0.25, 0.3) is 0 Å². The first-order valence-electron chi connectivity index (χ1n) is 4.70. The van der Waals surface area contributed by atoms with Crippen molar-refractivity contribution in [2.75, 3.05) is 6.61 Å². The Labute approximate surface area is 92.7 Å². The highest BCUT2D eigenvalue weighted by Gasteiger charge is 2.54. The molecule has 15 heavy (non-hydrogen) atoms. The first-order chi connectivity index (χ1) is 7.18. The fraction of sp³-hybridized carbons (Fsp3) is 0.273. The van der Waals surface area contributed by atoms with Crippen molar-refractivity contribution in [2.24, 2.45) is 4.99 Å². The van der Waals surface area contributed by atoms with Crippen LogP contribution in [0.2, 0.25) is 0 Å². The number of halogens is 1. The van der Waals surface area contributed by atoms with Crippen molar-refractivity contribution >= 4 is 23.3 Å². The summed E-state index contributed by atoms with van der Waals surface area (Å²) in [5.74, 6) is -0.495. The largest absolute Gasteiger partial charge is 0.463 e. The van der Waals surface area contributed by atoms with Crippen LogP contribution >= 0.6 is 11.6 Å². The van der Waals surface area contributed by atoms with Gasteiger partial charge in [-0.05, 0) is 6.92 Å². The number of hydrogen-bond donors (Lipinski definition) is 0. The molecule has 0 unspecified atom stereocenters. The maximum Gasteiger partial charge on any atom is 0.356 e. The van der Waals surface area contributed by atoms with Gasteiger partial charge in [-0.2, -0.15) is 0 Å². The molecule has 78 valence electrons. The third kappa shape index (κ3) is 1.75. The van der Waals surface area contributed by atoms with Crippen LogP contribution in [0.1, 0.15) is 12.5 Å². The second kappa shape index (κ2) is 3.66. The molecule has 0 radical (unpaired) electrons. The molecule has 0 fully saturated rings. The fourth-order valence-corrected chi connectivity index (χ4v) is 1.60. The molecule has 0 N–H and O–H groups in total. The van der Waals surface area contributed by atoms with Gasteiger partial charge >= 0.3 is 5.97 Å². The number of benzene rings is 1. The number of carbonyl (C=O) groups is 1. The van der Waals surface area contributed by atoms with Gasteiger partial charge in [0.1, 0.15) is 0 Å². The molecule has 0 bridgehead atoms. The number of esters is 1. The first kappa shape index (κ1) is 10.2. The number of alkyl halides is 1. The van der Waals surface area contributed by atoms with Gasteiger partial charge in [-0.25, -0.2) is 9.79 Å². The zero-order valence-electron chi connectivity index (χ0n) is 8.24. The van der Waals surface area contributed by atoms with Gasteiger partial charge in [-0.15, -0.1) is 0 Å². The van der Waals surface area contributed by atoms with Crippen LogP contribution in [0.5, 0.6) is 0 Å². The van der Waals surface area contributed by atoms with E-state index in [9.17, 15) is 4.79 Å². The Kier molecular flexibility index (Phi) is 2.49. The number of aliphatic imine (C=N–C) groups is 1. The minimum Gasteiger partial charge on any atom is -0.463 e. The smallest absolute Gasteiger partial charge is 0.356 e. The lowest BCUT2D eigenvalue weighted by atomic mass is 10.1. The Morgan fingerprint density at radius 3 is 2.73 bits per heavy atom. The highest BCUT2D eigenvalue weighted by molar-refractivity contribution is 6.55. The summed E-state index contributed by atoms with van der Waals surface area (Å²) in [5, 5.41) is 0. The fourth-order valence-electron chi connectivity index (χ4n) is 1.35. The zero-order chi connectivity index (χ0) is 10.9. The molecule has 4 heteroatoms. The minimum atomic E-state index is -1.27. The van der Waals surface area contributed by atoms with Crippen molar-refractivity contribution in [1.29, 1.82) is 0 Å². The first-order valence-corrected chi connectivity index (χ1v) is 5.08. The van der Waals surface area contributed by atoms with Crippen molar-refractivity contribution in [3.8, 4) is 0 Å². The number of carbonyl (C=O) groups excluding carboxylic acids is 1. The summed E-state index contributed by atoms with van der Waals surface area (Å²) in [6.07, 6.45) is 0. The van der Waals surface area contributed by atoms with Crippen LogP contribution in [-0.4, -0.2) is 23.3 Å². The number of ether oxygens (including phenoxy) is 1. The van der Waals surface area contributed by atoms with E-state index in [1.54, 1.807) is 6.92 Å². The average molecular weight is 224 g/mol. The van der Waals surface area contributed by atoms with Crippen molar-refractivity contribution in [3.63, 3.8) is 0 Å². The van der Waals surface area contributed by atoms with E-state index in [0.717, 1.165) is 5.56 Å². The lowest BCUT2D eigenvalue weighted by Gasteiger charge is -2.05. The summed E-state index contributed by atoms with van der Waals surface area (Å²) in [5.41, 5.74) is 1.45. The third-order valence-corrected chi connectivity index (χ3v) is 2.54. The predicted molar refractivity (Wildman–Crippen MR) is 58.2 cm³/mol. The number of hydrogen-bond acceptors (Lipinski definition) is 3. The molecule has 2 rings (SSSR count). The van der Waals surface area contributed by atoms with Gasteiger partial charge in [0, 0.05) is 5.56 Å². The predicted octanol–water partition coefficient (Wildman–Crippen LogP) is 1.99.